The first kappa shape index (κ1) is 17.5. The average molecular weight is 361 g/mol. The Morgan fingerprint density at radius 3 is 2.84 bits per heavy atom. The van der Waals surface area contributed by atoms with Gasteiger partial charge in [-0.25, -0.2) is 15.0 Å². The highest BCUT2D eigenvalue weighted by atomic mass is 31.1. The minimum atomic E-state index is -2.25. The van der Waals surface area contributed by atoms with Crippen LogP contribution >= 0.6 is 8.03 Å². The smallest absolute Gasteiger partial charge is 0.216 e. The summed E-state index contributed by atoms with van der Waals surface area (Å²) in [6.07, 6.45) is 2.94. The molecular formula is C16H20N5O3P. The molecule has 1 unspecified atom stereocenters. The van der Waals surface area contributed by atoms with Gasteiger partial charge in [-0.15, -0.1) is 0 Å². The number of benzene rings is 1. The first-order chi connectivity index (χ1) is 12.1. The van der Waals surface area contributed by atoms with Crippen LogP contribution in [0.25, 0.3) is 11.2 Å². The molecule has 8 nitrogen and oxygen atoms in total. The lowest BCUT2D eigenvalue weighted by atomic mass is 10.2. The second-order valence-electron chi connectivity index (χ2n) is 5.60. The van der Waals surface area contributed by atoms with Gasteiger partial charge in [0.05, 0.1) is 25.6 Å². The molecule has 0 amide bonds. The largest absolute Gasteiger partial charge is 0.382 e. The van der Waals surface area contributed by atoms with Gasteiger partial charge in [-0.1, -0.05) is 30.3 Å². The molecule has 9 heteroatoms. The molecule has 2 N–H and O–H groups in total. The van der Waals surface area contributed by atoms with E-state index in [2.05, 4.69) is 15.0 Å². The first-order valence-corrected chi connectivity index (χ1v) is 9.38. The minimum absolute atomic E-state index is 0.0718. The summed E-state index contributed by atoms with van der Waals surface area (Å²) in [5.74, 6) is 0.344. The molecule has 0 bridgehead atoms. The van der Waals surface area contributed by atoms with Crippen LogP contribution in [0.15, 0.2) is 43.0 Å². The van der Waals surface area contributed by atoms with Crippen molar-refractivity contribution in [1.82, 2.24) is 19.5 Å². The summed E-state index contributed by atoms with van der Waals surface area (Å²) in [7, 11) is -2.25. The van der Waals surface area contributed by atoms with E-state index in [0.717, 1.165) is 5.56 Å². The third-order valence-electron chi connectivity index (χ3n) is 3.61. The molecule has 0 aliphatic carbocycles. The maximum atomic E-state index is 12.0. The van der Waals surface area contributed by atoms with Crippen molar-refractivity contribution in [2.45, 2.75) is 26.2 Å². The molecule has 0 radical (unpaired) electrons. The van der Waals surface area contributed by atoms with E-state index in [1.54, 1.807) is 6.33 Å². The number of hydrogen-bond acceptors (Lipinski definition) is 7. The van der Waals surface area contributed by atoms with E-state index in [1.165, 1.54) is 6.33 Å². The van der Waals surface area contributed by atoms with Crippen LogP contribution in [0.2, 0.25) is 0 Å². The lowest BCUT2D eigenvalue weighted by molar-refractivity contribution is 0.0819. The fourth-order valence-electron chi connectivity index (χ4n) is 2.35. The van der Waals surface area contributed by atoms with Gasteiger partial charge in [0.1, 0.15) is 18.2 Å². The Balaban J connectivity index is 1.48. The van der Waals surface area contributed by atoms with Gasteiger partial charge in [-0.2, -0.15) is 0 Å². The Hall–Kier alpha value is -2.28. The minimum Gasteiger partial charge on any atom is -0.382 e. The number of fused-ring (bicyclic) bond motifs is 1. The lowest BCUT2D eigenvalue weighted by Crippen LogP contribution is -2.16. The van der Waals surface area contributed by atoms with Crippen molar-refractivity contribution in [2.75, 3.05) is 12.1 Å². The number of imidazole rings is 1. The molecule has 0 aliphatic heterocycles. The lowest BCUT2D eigenvalue weighted by Gasteiger charge is -2.14. The van der Waals surface area contributed by atoms with Gasteiger partial charge in [-0.3, -0.25) is 4.57 Å². The van der Waals surface area contributed by atoms with Crippen molar-refractivity contribution < 1.29 is 13.8 Å². The second-order valence-corrected chi connectivity index (χ2v) is 6.92. The number of nitrogens with zero attached hydrogens (tertiary/aromatic N) is 4. The van der Waals surface area contributed by atoms with Gasteiger partial charge in [0.15, 0.2) is 11.5 Å². The van der Waals surface area contributed by atoms with Crippen molar-refractivity contribution in [3.63, 3.8) is 0 Å². The number of anilines is 1. The van der Waals surface area contributed by atoms with Crippen molar-refractivity contribution in [2.24, 2.45) is 0 Å². The average Bonchev–Trinajstić information content (AvgIpc) is 3.03. The molecule has 25 heavy (non-hydrogen) atoms. The molecular weight excluding hydrogens is 341 g/mol. The topological polar surface area (TPSA) is 105 Å². The van der Waals surface area contributed by atoms with E-state index in [1.807, 2.05) is 41.8 Å². The third kappa shape index (κ3) is 4.63. The van der Waals surface area contributed by atoms with E-state index in [9.17, 15) is 4.57 Å². The molecule has 2 aromatic heterocycles. The van der Waals surface area contributed by atoms with Crippen molar-refractivity contribution in [3.8, 4) is 0 Å². The van der Waals surface area contributed by atoms with Gasteiger partial charge in [0.2, 0.25) is 8.03 Å². The van der Waals surface area contributed by atoms with Crippen LogP contribution in [-0.2, 0) is 27.0 Å². The van der Waals surface area contributed by atoms with Crippen molar-refractivity contribution in [1.29, 1.82) is 0 Å². The van der Waals surface area contributed by atoms with Gasteiger partial charge < -0.3 is 19.6 Å². The summed E-state index contributed by atoms with van der Waals surface area (Å²) >= 11 is 0. The first-order valence-electron chi connectivity index (χ1n) is 7.86. The number of rotatable bonds is 8. The zero-order valence-electron chi connectivity index (χ0n) is 13.8. The van der Waals surface area contributed by atoms with E-state index < -0.39 is 8.03 Å². The molecule has 1 aromatic carbocycles. The van der Waals surface area contributed by atoms with Gasteiger partial charge in [-0.05, 0) is 12.5 Å². The van der Waals surface area contributed by atoms with Gasteiger partial charge >= 0.3 is 0 Å². The molecule has 0 saturated carbocycles. The zero-order valence-corrected chi connectivity index (χ0v) is 14.8. The molecule has 3 rings (SSSR count). The number of aromatic nitrogens is 4. The van der Waals surface area contributed by atoms with Gasteiger partial charge in [0.25, 0.3) is 0 Å². The van der Waals surface area contributed by atoms with Crippen LogP contribution in [0.1, 0.15) is 12.5 Å². The number of hydrogen-bond donors (Lipinski definition) is 1. The maximum Gasteiger partial charge on any atom is 0.216 e. The highest BCUT2D eigenvalue weighted by molar-refractivity contribution is 7.38. The molecule has 0 aliphatic rings. The van der Waals surface area contributed by atoms with Crippen LogP contribution in [0, 0.1) is 0 Å². The molecule has 3 aromatic rings. The van der Waals surface area contributed by atoms with Gasteiger partial charge in [0, 0.05) is 0 Å². The predicted octanol–water partition coefficient (Wildman–Crippen LogP) is 2.46. The Labute approximate surface area is 145 Å². The standard InChI is InChI=1S/C16H20N5O3P/c1-12(7-21-10-20-14-15(17)18-9-19-16(14)21)23-11-25(22)24-8-13-5-3-2-4-6-13/h2-6,9-10,12,25H,7-8,11H2,1H3,(H2,17,18,19)/t12-/m1/s1. The summed E-state index contributed by atoms with van der Waals surface area (Å²) in [5.41, 5.74) is 7.96. The van der Waals surface area contributed by atoms with E-state index in [-0.39, 0.29) is 12.5 Å². The fraction of sp³-hybridized carbons (Fsp3) is 0.312. The van der Waals surface area contributed by atoms with Crippen LogP contribution in [0.3, 0.4) is 0 Å². The quantitative estimate of drug-likeness (QED) is 0.614. The molecule has 0 fully saturated rings. The van der Waals surface area contributed by atoms with Crippen LogP contribution in [0.5, 0.6) is 0 Å². The number of nitrogens with two attached hydrogens (primary N) is 1. The Bertz CT molecular complexity index is 855. The molecule has 0 saturated heterocycles. The van der Waals surface area contributed by atoms with Crippen LogP contribution in [0.4, 0.5) is 5.82 Å². The Morgan fingerprint density at radius 1 is 1.24 bits per heavy atom. The van der Waals surface area contributed by atoms with E-state index in [0.29, 0.717) is 30.1 Å². The van der Waals surface area contributed by atoms with Crippen LogP contribution < -0.4 is 5.73 Å². The molecule has 2 heterocycles. The normalized spacial score (nSPS) is 13.8. The van der Waals surface area contributed by atoms with E-state index in [4.69, 9.17) is 15.0 Å². The monoisotopic (exact) mass is 361 g/mol. The van der Waals surface area contributed by atoms with Crippen LogP contribution in [-0.4, -0.2) is 32.0 Å². The summed E-state index contributed by atoms with van der Waals surface area (Å²) in [4.78, 5) is 12.3. The number of ether oxygens (including phenoxy) is 1. The molecule has 2 atom stereocenters. The Kier molecular flexibility index (Phi) is 5.75. The highest BCUT2D eigenvalue weighted by Crippen LogP contribution is 2.25. The summed E-state index contributed by atoms with van der Waals surface area (Å²) in [5, 5.41) is 0. The number of nitrogen functional groups attached to an aromatic ring is 1. The second kappa shape index (κ2) is 8.20. The molecule has 0 spiro atoms. The fourth-order valence-corrected chi connectivity index (χ4v) is 3.18. The maximum absolute atomic E-state index is 12.0. The summed E-state index contributed by atoms with van der Waals surface area (Å²) in [6.45, 7) is 2.72. The van der Waals surface area contributed by atoms with Crippen molar-refractivity contribution >= 4 is 25.0 Å². The van der Waals surface area contributed by atoms with E-state index >= 15 is 0 Å². The van der Waals surface area contributed by atoms with Crippen molar-refractivity contribution in [3.05, 3.63) is 48.5 Å². The molecule has 132 valence electrons. The third-order valence-corrected chi connectivity index (χ3v) is 4.48. The summed E-state index contributed by atoms with van der Waals surface area (Å²) < 4.78 is 24.8. The Morgan fingerprint density at radius 2 is 2.04 bits per heavy atom. The summed E-state index contributed by atoms with van der Waals surface area (Å²) in [6, 6.07) is 9.61. The highest BCUT2D eigenvalue weighted by Gasteiger charge is 2.12. The SMILES string of the molecule is C[C@H](Cn1cnc2c(N)ncnc21)OC[PH](=O)OCc1ccccc1. The predicted molar refractivity (Wildman–Crippen MR) is 95.4 cm³/mol. The zero-order chi connectivity index (χ0) is 17.6.